The molecule has 0 unspecified atom stereocenters. The number of thiazole rings is 1. The van der Waals surface area contributed by atoms with E-state index in [0.29, 0.717) is 0 Å². The van der Waals surface area contributed by atoms with E-state index in [0.717, 1.165) is 28.1 Å². The lowest BCUT2D eigenvalue weighted by Crippen LogP contribution is -2.33. The van der Waals surface area contributed by atoms with E-state index in [-0.39, 0.29) is 12.0 Å². The Balaban J connectivity index is 1.50. The molecule has 1 aliphatic rings. The van der Waals surface area contributed by atoms with Gasteiger partial charge in [0.15, 0.2) is 0 Å². The van der Waals surface area contributed by atoms with Crippen molar-refractivity contribution in [3.8, 4) is 11.1 Å². The summed E-state index contributed by atoms with van der Waals surface area (Å²) in [4.78, 5) is 4.57. The first-order valence-corrected chi connectivity index (χ1v) is 11.2. The van der Waals surface area contributed by atoms with Gasteiger partial charge >= 0.3 is 0 Å². The van der Waals surface area contributed by atoms with Crippen LogP contribution in [0.4, 0.5) is 0 Å². The number of hydrogen-bond donors (Lipinski definition) is 1. The summed E-state index contributed by atoms with van der Waals surface area (Å²) < 4.78 is 28.0. The van der Waals surface area contributed by atoms with Crippen LogP contribution in [0.2, 0.25) is 0 Å². The number of nitrogens with zero attached hydrogens (tertiary/aromatic N) is 1. The topological polar surface area (TPSA) is 59.1 Å². The van der Waals surface area contributed by atoms with Gasteiger partial charge in [-0.15, -0.1) is 11.3 Å². The Morgan fingerprint density at radius 3 is 2.50 bits per heavy atom. The van der Waals surface area contributed by atoms with Gasteiger partial charge in [0.25, 0.3) is 0 Å². The van der Waals surface area contributed by atoms with Crippen LogP contribution in [0.5, 0.6) is 0 Å². The minimum absolute atomic E-state index is 0.0302. The summed E-state index contributed by atoms with van der Waals surface area (Å²) in [6, 6.07) is 14.9. The molecule has 0 spiro atoms. The highest BCUT2D eigenvalue weighted by molar-refractivity contribution is 7.90. The van der Waals surface area contributed by atoms with Crippen molar-refractivity contribution >= 4 is 31.6 Å². The zero-order valence-corrected chi connectivity index (χ0v) is 16.7. The van der Waals surface area contributed by atoms with Gasteiger partial charge in [-0.2, -0.15) is 0 Å². The molecule has 6 heteroatoms. The Hall–Kier alpha value is -1.76. The molecule has 4 nitrogen and oxygen atoms in total. The Kier molecular flexibility index (Phi) is 4.37. The predicted octanol–water partition coefficient (Wildman–Crippen LogP) is 4.46. The van der Waals surface area contributed by atoms with E-state index in [1.54, 1.807) is 25.2 Å². The van der Waals surface area contributed by atoms with Crippen LogP contribution in [0, 0.1) is 6.92 Å². The number of nitrogens with one attached hydrogen (secondary N) is 1. The molecule has 136 valence electrons. The van der Waals surface area contributed by atoms with E-state index < -0.39 is 15.3 Å². The van der Waals surface area contributed by atoms with Gasteiger partial charge in [-0.1, -0.05) is 30.3 Å². The van der Waals surface area contributed by atoms with Gasteiger partial charge < -0.3 is 0 Å². The first kappa shape index (κ1) is 17.6. The minimum atomic E-state index is -3.20. The second-order valence-electron chi connectivity index (χ2n) is 7.20. The van der Waals surface area contributed by atoms with Gasteiger partial charge in [0.05, 0.1) is 20.5 Å². The fourth-order valence-electron chi connectivity index (χ4n) is 3.19. The monoisotopic (exact) mass is 386 g/mol. The van der Waals surface area contributed by atoms with Gasteiger partial charge in [-0.3, -0.25) is 0 Å². The van der Waals surface area contributed by atoms with E-state index >= 15 is 0 Å². The van der Waals surface area contributed by atoms with Gasteiger partial charge in [-0.25, -0.2) is 18.1 Å². The Morgan fingerprint density at radius 2 is 1.81 bits per heavy atom. The molecule has 1 aliphatic carbocycles. The molecule has 0 radical (unpaired) electrons. The fraction of sp³-hybridized carbons (Fsp3) is 0.350. The number of sulfonamides is 1. The molecular weight excluding hydrogens is 364 g/mol. The third-order valence-corrected chi connectivity index (χ3v) is 7.72. The van der Waals surface area contributed by atoms with Crippen molar-refractivity contribution in [1.82, 2.24) is 9.71 Å². The van der Waals surface area contributed by atoms with E-state index in [2.05, 4.69) is 52.2 Å². The summed E-state index contributed by atoms with van der Waals surface area (Å²) in [6.07, 6.45) is 0.870. The number of aromatic nitrogens is 1. The third-order valence-electron chi connectivity index (χ3n) is 4.89. The standard InChI is InChI=1S/C20H22N2O2S2/c1-12(2)26(23,24)22-18-11-17(18)15-6-4-14(5-7-15)16-8-9-20-19(10-16)21-13(3)25-20/h4-10,12,17-18,22H,11H2,1-3H3/t17-,18+/m0/s1. The quantitative estimate of drug-likeness (QED) is 0.704. The van der Waals surface area contributed by atoms with Gasteiger partial charge in [0, 0.05) is 12.0 Å². The smallest absolute Gasteiger partial charge is 0.214 e. The molecule has 2 atom stereocenters. The molecule has 26 heavy (non-hydrogen) atoms. The fourth-order valence-corrected chi connectivity index (χ4v) is 4.95. The van der Waals surface area contributed by atoms with Crippen LogP contribution in [-0.4, -0.2) is 24.7 Å². The number of benzene rings is 2. The number of fused-ring (bicyclic) bond motifs is 1. The van der Waals surface area contributed by atoms with Crippen LogP contribution in [0.1, 0.15) is 36.8 Å². The van der Waals surface area contributed by atoms with Crippen LogP contribution < -0.4 is 4.72 Å². The average Bonchev–Trinajstić information content (AvgIpc) is 3.24. The molecule has 0 saturated heterocycles. The first-order chi connectivity index (χ1) is 12.3. The van der Waals surface area contributed by atoms with Crippen molar-refractivity contribution < 1.29 is 8.42 Å². The van der Waals surface area contributed by atoms with Crippen LogP contribution in [0.3, 0.4) is 0 Å². The first-order valence-electron chi connectivity index (χ1n) is 8.82. The Labute approximate surface area is 158 Å². The summed E-state index contributed by atoms with van der Waals surface area (Å²) >= 11 is 1.71. The molecule has 0 bridgehead atoms. The molecule has 4 rings (SSSR count). The van der Waals surface area contributed by atoms with Crippen LogP contribution >= 0.6 is 11.3 Å². The average molecular weight is 387 g/mol. The maximum absolute atomic E-state index is 12.0. The number of rotatable bonds is 5. The Morgan fingerprint density at radius 1 is 1.12 bits per heavy atom. The Bertz CT molecular complexity index is 1050. The molecule has 1 N–H and O–H groups in total. The summed E-state index contributed by atoms with van der Waals surface area (Å²) in [7, 11) is -3.20. The van der Waals surface area contributed by atoms with Gasteiger partial charge in [0.2, 0.25) is 10.0 Å². The van der Waals surface area contributed by atoms with Crippen LogP contribution in [-0.2, 0) is 10.0 Å². The van der Waals surface area contributed by atoms with Crippen molar-refractivity contribution in [3.63, 3.8) is 0 Å². The SMILES string of the molecule is Cc1nc2cc(-c3ccc([C@@H]4C[C@H]4NS(=O)(=O)C(C)C)cc3)ccc2s1. The maximum Gasteiger partial charge on any atom is 0.214 e. The van der Waals surface area contributed by atoms with E-state index in [9.17, 15) is 8.42 Å². The molecule has 1 saturated carbocycles. The predicted molar refractivity (Wildman–Crippen MR) is 108 cm³/mol. The second kappa shape index (κ2) is 6.44. The molecule has 1 aromatic heterocycles. The van der Waals surface area contributed by atoms with Crippen molar-refractivity contribution in [3.05, 3.63) is 53.0 Å². The summed E-state index contributed by atoms with van der Waals surface area (Å²) in [5.74, 6) is 0.279. The largest absolute Gasteiger partial charge is 0.241 e. The highest BCUT2D eigenvalue weighted by Gasteiger charge is 2.41. The molecular formula is C20H22N2O2S2. The van der Waals surface area contributed by atoms with Crippen LogP contribution in [0.25, 0.3) is 21.3 Å². The lowest BCUT2D eigenvalue weighted by Gasteiger charge is -2.09. The van der Waals surface area contributed by atoms with Crippen LogP contribution in [0.15, 0.2) is 42.5 Å². The molecule has 2 aromatic carbocycles. The number of hydrogen-bond acceptors (Lipinski definition) is 4. The summed E-state index contributed by atoms with van der Waals surface area (Å²) in [6.45, 7) is 5.43. The number of aryl methyl sites for hydroxylation is 1. The van der Waals surface area contributed by atoms with E-state index in [4.69, 9.17) is 0 Å². The lowest BCUT2D eigenvalue weighted by molar-refractivity contribution is 0.571. The molecule has 1 heterocycles. The van der Waals surface area contributed by atoms with E-state index in [1.165, 1.54) is 10.3 Å². The minimum Gasteiger partial charge on any atom is -0.241 e. The van der Waals surface area contributed by atoms with Crippen molar-refractivity contribution in [2.45, 2.75) is 44.4 Å². The van der Waals surface area contributed by atoms with Crippen molar-refractivity contribution in [2.24, 2.45) is 0 Å². The highest BCUT2D eigenvalue weighted by Crippen LogP contribution is 2.42. The summed E-state index contributed by atoms with van der Waals surface area (Å²) in [5, 5.41) is 0.687. The lowest BCUT2D eigenvalue weighted by atomic mass is 10.0. The zero-order chi connectivity index (χ0) is 18.5. The zero-order valence-electron chi connectivity index (χ0n) is 15.1. The van der Waals surface area contributed by atoms with Gasteiger partial charge in [0.1, 0.15) is 0 Å². The summed E-state index contributed by atoms with van der Waals surface area (Å²) in [5.41, 5.74) is 4.54. The highest BCUT2D eigenvalue weighted by atomic mass is 32.2. The van der Waals surface area contributed by atoms with Crippen molar-refractivity contribution in [1.29, 1.82) is 0 Å². The maximum atomic E-state index is 12.0. The van der Waals surface area contributed by atoms with Crippen molar-refractivity contribution in [2.75, 3.05) is 0 Å². The molecule has 3 aromatic rings. The molecule has 0 aliphatic heterocycles. The normalized spacial score (nSPS) is 20.0. The second-order valence-corrected chi connectivity index (χ2v) is 10.7. The third kappa shape index (κ3) is 3.41. The van der Waals surface area contributed by atoms with E-state index in [1.807, 2.05) is 6.92 Å². The van der Waals surface area contributed by atoms with Gasteiger partial charge in [-0.05, 0) is 56.0 Å². The molecule has 1 fully saturated rings. The molecule has 0 amide bonds.